The minimum Gasteiger partial charge on any atom is -0.313 e. The number of hydrogen-bond acceptors (Lipinski definition) is 3. The van der Waals surface area contributed by atoms with E-state index >= 15 is 0 Å². The van der Waals surface area contributed by atoms with Crippen LogP contribution >= 0.6 is 0 Å². The van der Waals surface area contributed by atoms with Crippen molar-refractivity contribution in [1.29, 1.82) is 0 Å². The summed E-state index contributed by atoms with van der Waals surface area (Å²) < 4.78 is 26.1. The molecule has 0 saturated carbocycles. The second-order valence-electron chi connectivity index (χ2n) is 5.13. The fraction of sp³-hybridized carbons (Fsp3) is 0.600. The summed E-state index contributed by atoms with van der Waals surface area (Å²) in [7, 11) is -1.59. The van der Waals surface area contributed by atoms with Crippen LogP contribution in [0.1, 0.15) is 38.3 Å². The van der Waals surface area contributed by atoms with E-state index in [1.54, 1.807) is 7.05 Å². The lowest BCUT2D eigenvalue weighted by atomic mass is 10.1. The second kappa shape index (κ2) is 7.76. The summed E-state index contributed by atoms with van der Waals surface area (Å²) in [6.07, 6.45) is 0.816. The molecule has 0 aromatic heterocycles. The molecule has 0 radical (unpaired) electrons. The van der Waals surface area contributed by atoms with E-state index in [0.717, 1.165) is 30.6 Å². The van der Waals surface area contributed by atoms with Gasteiger partial charge in [0.2, 0.25) is 10.0 Å². The van der Waals surface area contributed by atoms with Crippen molar-refractivity contribution >= 4 is 10.0 Å². The van der Waals surface area contributed by atoms with Crippen LogP contribution in [0.3, 0.4) is 0 Å². The lowest BCUT2D eigenvalue weighted by molar-refractivity contribution is 0.380. The van der Waals surface area contributed by atoms with Crippen LogP contribution in [0.5, 0.6) is 0 Å². The molecule has 20 heavy (non-hydrogen) atoms. The van der Waals surface area contributed by atoms with E-state index < -0.39 is 10.0 Å². The first-order valence-electron chi connectivity index (χ1n) is 7.15. The van der Waals surface area contributed by atoms with Crippen molar-refractivity contribution in [3.05, 3.63) is 35.4 Å². The zero-order valence-electron chi connectivity index (χ0n) is 12.9. The van der Waals surface area contributed by atoms with Crippen LogP contribution in [0.15, 0.2) is 24.3 Å². The molecule has 0 bridgehead atoms. The van der Waals surface area contributed by atoms with Crippen molar-refractivity contribution in [3.63, 3.8) is 0 Å². The first-order valence-corrected chi connectivity index (χ1v) is 8.75. The maximum atomic E-state index is 12.3. The summed E-state index contributed by atoms with van der Waals surface area (Å²) >= 11 is 0. The molecule has 1 rings (SSSR count). The zero-order chi connectivity index (χ0) is 15.2. The standard InChI is InChI=1S/C15H26N2O2S/c1-5-13(3)17(4)20(18,19)12-15-9-7-8-14(10-15)11-16-6-2/h7-10,13,16H,5-6,11-12H2,1-4H3. The predicted molar refractivity (Wildman–Crippen MR) is 84.0 cm³/mol. The Balaban J connectivity index is 2.81. The van der Waals surface area contributed by atoms with E-state index in [0.29, 0.717) is 0 Å². The molecule has 0 aliphatic carbocycles. The Bertz CT molecular complexity index is 514. The third kappa shape index (κ3) is 4.89. The SMILES string of the molecule is CCNCc1cccc(CS(=O)(=O)N(C)C(C)CC)c1. The predicted octanol–water partition coefficient (Wildman–Crippen LogP) is 2.36. The summed E-state index contributed by atoms with van der Waals surface area (Å²) in [5.74, 6) is 0.0633. The van der Waals surface area contributed by atoms with E-state index in [1.807, 2.05) is 38.1 Å². The quantitative estimate of drug-likeness (QED) is 0.801. The van der Waals surface area contributed by atoms with Gasteiger partial charge < -0.3 is 5.32 Å². The monoisotopic (exact) mass is 298 g/mol. The van der Waals surface area contributed by atoms with Crippen molar-refractivity contribution in [2.75, 3.05) is 13.6 Å². The second-order valence-corrected chi connectivity index (χ2v) is 7.16. The third-order valence-electron chi connectivity index (χ3n) is 3.57. The molecule has 5 heteroatoms. The Morgan fingerprint density at radius 3 is 2.50 bits per heavy atom. The fourth-order valence-corrected chi connectivity index (χ4v) is 3.44. The van der Waals surface area contributed by atoms with E-state index in [9.17, 15) is 8.42 Å². The highest BCUT2D eigenvalue weighted by molar-refractivity contribution is 7.88. The molecule has 1 unspecified atom stereocenters. The normalized spacial score (nSPS) is 13.7. The molecule has 1 N–H and O–H groups in total. The van der Waals surface area contributed by atoms with E-state index in [1.165, 1.54) is 4.31 Å². The van der Waals surface area contributed by atoms with Crippen molar-refractivity contribution in [2.45, 2.75) is 45.5 Å². The minimum absolute atomic E-state index is 0.0324. The zero-order valence-corrected chi connectivity index (χ0v) is 13.7. The first kappa shape index (κ1) is 17.1. The maximum Gasteiger partial charge on any atom is 0.218 e. The molecule has 0 heterocycles. The number of nitrogens with zero attached hydrogens (tertiary/aromatic N) is 1. The molecule has 0 spiro atoms. The Kier molecular flexibility index (Phi) is 6.65. The van der Waals surface area contributed by atoms with Gasteiger partial charge in [-0.3, -0.25) is 0 Å². The van der Waals surface area contributed by atoms with Crippen LogP contribution in [0.4, 0.5) is 0 Å². The molecule has 114 valence electrons. The highest BCUT2D eigenvalue weighted by atomic mass is 32.2. The Labute approximate surface area is 123 Å². The molecule has 0 saturated heterocycles. The largest absolute Gasteiger partial charge is 0.313 e. The molecule has 1 atom stereocenters. The molecule has 0 aliphatic rings. The van der Waals surface area contributed by atoms with Crippen LogP contribution in [0.2, 0.25) is 0 Å². The van der Waals surface area contributed by atoms with E-state index in [-0.39, 0.29) is 11.8 Å². The maximum absolute atomic E-state index is 12.3. The van der Waals surface area contributed by atoms with Gasteiger partial charge in [0.1, 0.15) is 0 Å². The number of sulfonamides is 1. The van der Waals surface area contributed by atoms with Gasteiger partial charge in [-0.25, -0.2) is 12.7 Å². The average molecular weight is 298 g/mol. The summed E-state index contributed by atoms with van der Waals surface area (Å²) in [6.45, 7) is 7.65. The molecule has 4 nitrogen and oxygen atoms in total. The van der Waals surface area contributed by atoms with Crippen LogP contribution in [-0.4, -0.2) is 32.4 Å². The first-order chi connectivity index (χ1) is 9.40. The van der Waals surface area contributed by atoms with Gasteiger partial charge in [-0.1, -0.05) is 38.1 Å². The Hall–Kier alpha value is -0.910. The number of nitrogens with one attached hydrogen (secondary N) is 1. The molecule has 0 aliphatic heterocycles. The lowest BCUT2D eigenvalue weighted by Gasteiger charge is -2.23. The summed E-state index contributed by atoms with van der Waals surface area (Å²) in [5.41, 5.74) is 1.96. The molecular formula is C15H26N2O2S. The van der Waals surface area contributed by atoms with E-state index in [4.69, 9.17) is 0 Å². The lowest BCUT2D eigenvalue weighted by Crippen LogP contribution is -2.35. The van der Waals surface area contributed by atoms with Crippen molar-refractivity contribution < 1.29 is 8.42 Å². The number of hydrogen-bond donors (Lipinski definition) is 1. The van der Waals surface area contributed by atoms with Crippen LogP contribution in [-0.2, 0) is 22.3 Å². The van der Waals surface area contributed by atoms with Crippen LogP contribution < -0.4 is 5.32 Å². The van der Waals surface area contributed by atoms with Gasteiger partial charge in [0, 0.05) is 19.6 Å². The molecular weight excluding hydrogens is 272 g/mol. The van der Waals surface area contributed by atoms with Gasteiger partial charge in [-0.05, 0) is 31.0 Å². The Morgan fingerprint density at radius 2 is 1.90 bits per heavy atom. The van der Waals surface area contributed by atoms with Gasteiger partial charge in [0.15, 0.2) is 0 Å². The number of benzene rings is 1. The molecule has 0 amide bonds. The summed E-state index contributed by atoms with van der Waals surface area (Å²) in [4.78, 5) is 0. The van der Waals surface area contributed by atoms with Gasteiger partial charge in [0.05, 0.1) is 5.75 Å². The van der Waals surface area contributed by atoms with Crippen molar-refractivity contribution in [2.24, 2.45) is 0 Å². The highest BCUT2D eigenvalue weighted by Crippen LogP contribution is 2.15. The van der Waals surface area contributed by atoms with Crippen molar-refractivity contribution in [3.8, 4) is 0 Å². The van der Waals surface area contributed by atoms with E-state index in [2.05, 4.69) is 12.2 Å². The third-order valence-corrected chi connectivity index (χ3v) is 5.51. The van der Waals surface area contributed by atoms with Gasteiger partial charge in [0.25, 0.3) is 0 Å². The van der Waals surface area contributed by atoms with Gasteiger partial charge in [-0.15, -0.1) is 0 Å². The molecule has 1 aromatic rings. The topological polar surface area (TPSA) is 49.4 Å². The van der Waals surface area contributed by atoms with Crippen molar-refractivity contribution in [1.82, 2.24) is 9.62 Å². The minimum atomic E-state index is -3.25. The number of rotatable bonds is 8. The smallest absolute Gasteiger partial charge is 0.218 e. The average Bonchev–Trinajstić information content (AvgIpc) is 2.43. The molecule has 0 fully saturated rings. The highest BCUT2D eigenvalue weighted by Gasteiger charge is 2.22. The summed E-state index contributed by atoms with van der Waals surface area (Å²) in [6, 6.07) is 7.80. The molecule has 1 aromatic carbocycles. The fourth-order valence-electron chi connectivity index (χ4n) is 1.94. The van der Waals surface area contributed by atoms with Crippen LogP contribution in [0, 0.1) is 0 Å². The van der Waals surface area contributed by atoms with Gasteiger partial charge in [-0.2, -0.15) is 0 Å². The van der Waals surface area contributed by atoms with Gasteiger partial charge >= 0.3 is 0 Å². The Morgan fingerprint density at radius 1 is 1.25 bits per heavy atom. The van der Waals surface area contributed by atoms with Crippen LogP contribution in [0.25, 0.3) is 0 Å². The summed E-state index contributed by atoms with van der Waals surface area (Å²) in [5, 5.41) is 3.24.